The van der Waals surface area contributed by atoms with E-state index in [4.69, 9.17) is 13.3 Å². The normalized spacial score (nSPS) is 12.0. The van der Waals surface area contributed by atoms with Crippen LogP contribution in [0.25, 0.3) is 0 Å². The molecule has 0 radical (unpaired) electrons. The van der Waals surface area contributed by atoms with E-state index >= 15 is 0 Å². The highest BCUT2D eigenvalue weighted by atomic mass is 28.4. The fourth-order valence-corrected chi connectivity index (χ4v) is 3.11. The van der Waals surface area contributed by atoms with Crippen LogP contribution in [0.3, 0.4) is 0 Å². The first-order valence-electron chi connectivity index (χ1n) is 5.05. The predicted octanol–water partition coefficient (Wildman–Crippen LogP) is 0.250. The van der Waals surface area contributed by atoms with Crippen LogP contribution in [-0.4, -0.2) is 50.3 Å². The van der Waals surface area contributed by atoms with Crippen molar-refractivity contribution in [2.45, 2.75) is 25.9 Å². The predicted molar refractivity (Wildman–Crippen MR) is 58.8 cm³/mol. The van der Waals surface area contributed by atoms with Gasteiger partial charge in [-0.1, -0.05) is 0 Å². The van der Waals surface area contributed by atoms with Crippen LogP contribution in [0.5, 0.6) is 0 Å². The summed E-state index contributed by atoms with van der Waals surface area (Å²) in [5, 5.41) is 11.8. The van der Waals surface area contributed by atoms with Crippen molar-refractivity contribution >= 4 is 8.80 Å². The van der Waals surface area contributed by atoms with Crippen LogP contribution in [0.2, 0.25) is 6.04 Å². The van der Waals surface area contributed by atoms with Gasteiger partial charge in [0.2, 0.25) is 0 Å². The monoisotopic (exact) mass is 246 g/mol. The Morgan fingerprint density at radius 1 is 1.19 bits per heavy atom. The van der Waals surface area contributed by atoms with Crippen LogP contribution >= 0.6 is 0 Å². The van der Waals surface area contributed by atoms with Crippen LogP contribution in [0.15, 0.2) is 0 Å². The fraction of sp³-hybridized carbons (Fsp3) is 0.875. The van der Waals surface area contributed by atoms with E-state index in [1.54, 1.807) is 26.1 Å². The molecular weight excluding hydrogens is 228 g/mol. The maximum Gasteiger partial charge on any atom is 0.500 e. The Kier molecular flexibility index (Phi) is 4.99. The topological polar surface area (TPSA) is 71.3 Å². The van der Waals surface area contributed by atoms with Crippen molar-refractivity contribution in [3.8, 4) is 0 Å². The van der Waals surface area contributed by atoms with E-state index in [0.29, 0.717) is 12.4 Å². The Labute approximate surface area is 96.1 Å². The molecule has 0 N–H and O–H groups in total. The van der Waals surface area contributed by atoms with Gasteiger partial charge in [-0.25, -0.2) is 0 Å². The molecule has 0 spiro atoms. The molecule has 8 heteroatoms. The van der Waals surface area contributed by atoms with Crippen molar-refractivity contribution < 1.29 is 13.3 Å². The minimum absolute atomic E-state index is 0.675. The zero-order valence-electron chi connectivity index (χ0n) is 10.1. The minimum Gasteiger partial charge on any atom is -0.377 e. The number of nitrogens with zero attached hydrogens (tertiary/aromatic N) is 4. The summed E-state index contributed by atoms with van der Waals surface area (Å²) in [6.45, 7) is 2.49. The second kappa shape index (κ2) is 6.04. The first-order chi connectivity index (χ1) is 7.65. The Hall–Kier alpha value is -0.833. The van der Waals surface area contributed by atoms with Crippen LogP contribution in [0.4, 0.5) is 0 Å². The number of aromatic nitrogens is 4. The van der Waals surface area contributed by atoms with Crippen LogP contribution in [-0.2, 0) is 19.8 Å². The molecule has 92 valence electrons. The number of hydrogen-bond donors (Lipinski definition) is 0. The number of tetrazole rings is 1. The van der Waals surface area contributed by atoms with Crippen LogP contribution in [0, 0.1) is 6.92 Å². The Morgan fingerprint density at radius 3 is 2.25 bits per heavy atom. The summed E-state index contributed by atoms with van der Waals surface area (Å²) in [4.78, 5) is 1.56. The zero-order valence-corrected chi connectivity index (χ0v) is 11.1. The van der Waals surface area contributed by atoms with Gasteiger partial charge in [0.15, 0.2) is 5.82 Å². The van der Waals surface area contributed by atoms with Gasteiger partial charge >= 0.3 is 8.80 Å². The van der Waals surface area contributed by atoms with Gasteiger partial charge in [-0.2, -0.15) is 4.80 Å². The lowest BCUT2D eigenvalue weighted by Crippen LogP contribution is -2.42. The van der Waals surface area contributed by atoms with Crippen molar-refractivity contribution in [2.24, 2.45) is 0 Å². The van der Waals surface area contributed by atoms with Crippen molar-refractivity contribution in [1.82, 2.24) is 20.2 Å². The van der Waals surface area contributed by atoms with E-state index in [2.05, 4.69) is 15.4 Å². The van der Waals surface area contributed by atoms with Gasteiger partial charge in [0.1, 0.15) is 0 Å². The second-order valence-electron chi connectivity index (χ2n) is 3.33. The molecule has 0 unspecified atom stereocenters. The van der Waals surface area contributed by atoms with Gasteiger partial charge in [0, 0.05) is 27.4 Å². The third kappa shape index (κ3) is 3.34. The molecule has 1 heterocycles. The standard InChI is InChI=1S/C8H18N4O3Si/c1-8-9-11-12(10-8)6-5-7-16(13-2,14-3)15-4/h5-7H2,1-4H3. The summed E-state index contributed by atoms with van der Waals surface area (Å²) in [5.41, 5.74) is 0. The third-order valence-corrected chi connectivity index (χ3v) is 5.16. The number of rotatable bonds is 7. The van der Waals surface area contributed by atoms with E-state index in [1.807, 2.05) is 6.92 Å². The SMILES string of the molecule is CO[Si](CCCn1nnc(C)n1)(OC)OC. The van der Waals surface area contributed by atoms with Crippen LogP contribution < -0.4 is 0 Å². The summed E-state index contributed by atoms with van der Waals surface area (Å²) in [6, 6.07) is 0.733. The second-order valence-corrected chi connectivity index (χ2v) is 6.42. The van der Waals surface area contributed by atoms with Crippen molar-refractivity contribution in [2.75, 3.05) is 21.3 Å². The fourth-order valence-electron chi connectivity index (χ4n) is 1.41. The van der Waals surface area contributed by atoms with E-state index in [0.717, 1.165) is 12.5 Å². The van der Waals surface area contributed by atoms with Gasteiger partial charge in [-0.3, -0.25) is 0 Å². The molecule has 0 aliphatic heterocycles. The Bertz CT molecular complexity index is 308. The van der Waals surface area contributed by atoms with Gasteiger partial charge in [0.25, 0.3) is 0 Å². The molecule has 0 aromatic carbocycles. The molecular formula is C8H18N4O3Si. The molecule has 16 heavy (non-hydrogen) atoms. The first kappa shape index (κ1) is 13.2. The summed E-state index contributed by atoms with van der Waals surface area (Å²) >= 11 is 0. The van der Waals surface area contributed by atoms with Crippen molar-refractivity contribution in [1.29, 1.82) is 0 Å². The van der Waals surface area contributed by atoms with Gasteiger partial charge < -0.3 is 13.3 Å². The Balaban J connectivity index is 2.39. The maximum absolute atomic E-state index is 5.31. The smallest absolute Gasteiger partial charge is 0.377 e. The van der Waals surface area contributed by atoms with Crippen LogP contribution in [0.1, 0.15) is 12.2 Å². The first-order valence-corrected chi connectivity index (χ1v) is 6.99. The molecule has 0 atom stereocenters. The molecule has 1 aromatic rings. The molecule has 0 amide bonds. The molecule has 0 saturated carbocycles. The lowest BCUT2D eigenvalue weighted by atomic mass is 10.5. The molecule has 0 aliphatic carbocycles. The van der Waals surface area contributed by atoms with Crippen molar-refractivity contribution in [3.63, 3.8) is 0 Å². The molecule has 0 aliphatic rings. The highest BCUT2D eigenvalue weighted by Crippen LogP contribution is 2.15. The molecule has 0 fully saturated rings. The number of aryl methyl sites for hydroxylation is 2. The lowest BCUT2D eigenvalue weighted by molar-refractivity contribution is 0.122. The average molecular weight is 246 g/mol. The minimum atomic E-state index is -2.45. The quantitative estimate of drug-likeness (QED) is 0.642. The van der Waals surface area contributed by atoms with E-state index < -0.39 is 8.80 Å². The highest BCUT2D eigenvalue weighted by Gasteiger charge is 2.36. The zero-order chi connectivity index (χ0) is 12.0. The summed E-state index contributed by atoms with van der Waals surface area (Å²) < 4.78 is 15.9. The summed E-state index contributed by atoms with van der Waals surface area (Å²) in [7, 11) is 2.37. The highest BCUT2D eigenvalue weighted by molar-refractivity contribution is 6.60. The van der Waals surface area contributed by atoms with E-state index in [1.165, 1.54) is 0 Å². The van der Waals surface area contributed by atoms with E-state index in [9.17, 15) is 0 Å². The molecule has 0 saturated heterocycles. The largest absolute Gasteiger partial charge is 0.500 e. The molecule has 0 bridgehead atoms. The van der Waals surface area contributed by atoms with E-state index in [-0.39, 0.29) is 0 Å². The van der Waals surface area contributed by atoms with Gasteiger partial charge in [-0.05, 0) is 18.6 Å². The summed E-state index contributed by atoms with van der Waals surface area (Å²) in [6.07, 6.45) is 0.831. The Morgan fingerprint density at radius 2 is 1.81 bits per heavy atom. The van der Waals surface area contributed by atoms with Crippen molar-refractivity contribution in [3.05, 3.63) is 5.82 Å². The van der Waals surface area contributed by atoms with Gasteiger partial charge in [0.05, 0.1) is 6.54 Å². The number of hydrogen-bond acceptors (Lipinski definition) is 6. The average Bonchev–Trinajstić information content (AvgIpc) is 2.71. The van der Waals surface area contributed by atoms with Gasteiger partial charge in [-0.15, -0.1) is 10.2 Å². The molecule has 7 nitrogen and oxygen atoms in total. The third-order valence-electron chi connectivity index (χ3n) is 2.33. The molecule has 1 aromatic heterocycles. The molecule has 1 rings (SSSR count). The lowest BCUT2D eigenvalue weighted by Gasteiger charge is -2.23. The maximum atomic E-state index is 5.31. The summed E-state index contributed by atoms with van der Waals surface area (Å²) in [5.74, 6) is 0.675.